The zero-order valence-electron chi connectivity index (χ0n) is 19.2. The summed E-state index contributed by atoms with van der Waals surface area (Å²) >= 11 is 0. The maximum Gasteiger partial charge on any atom is 0.240 e. The number of fused-ring (bicyclic) bond motifs is 1. The van der Waals surface area contributed by atoms with Crippen molar-refractivity contribution in [1.29, 1.82) is 0 Å². The summed E-state index contributed by atoms with van der Waals surface area (Å²) in [5.41, 5.74) is 3.25. The van der Waals surface area contributed by atoms with E-state index in [1.54, 1.807) is 18.3 Å². The van der Waals surface area contributed by atoms with E-state index in [1.165, 1.54) is 12.1 Å². The number of carbonyl (C=O) groups excluding carboxylic acids is 1. The monoisotopic (exact) mass is 471 g/mol. The first-order valence-corrected chi connectivity index (χ1v) is 12.1. The number of amides is 1. The van der Waals surface area contributed by atoms with E-state index >= 15 is 0 Å². The summed E-state index contributed by atoms with van der Waals surface area (Å²) in [4.78, 5) is 27.8. The van der Waals surface area contributed by atoms with Gasteiger partial charge in [-0.15, -0.1) is 0 Å². The number of hydrogen-bond acceptors (Lipinski definition) is 5. The molecule has 4 heterocycles. The van der Waals surface area contributed by atoms with E-state index in [0.717, 1.165) is 61.1 Å². The van der Waals surface area contributed by atoms with Crippen LogP contribution in [-0.2, 0) is 4.79 Å². The summed E-state index contributed by atoms with van der Waals surface area (Å²) in [5, 5.41) is 3.34. The SMILES string of the molecule is O=C([C@@H]1CCCN1)N1CCCC1c1cc2[nH]c(-c3ccccn3)nc2cc1Oc1ccc(F)cc1. The summed E-state index contributed by atoms with van der Waals surface area (Å²) in [6.07, 6.45) is 5.40. The zero-order valence-corrected chi connectivity index (χ0v) is 19.2. The van der Waals surface area contributed by atoms with Crippen LogP contribution in [0.4, 0.5) is 4.39 Å². The predicted molar refractivity (Wildman–Crippen MR) is 131 cm³/mol. The number of likely N-dealkylation sites (tertiary alicyclic amines) is 1. The number of aromatic amines is 1. The Morgan fingerprint density at radius 2 is 1.97 bits per heavy atom. The van der Waals surface area contributed by atoms with Crippen molar-refractivity contribution >= 4 is 16.9 Å². The number of halogens is 1. The second kappa shape index (κ2) is 9.11. The van der Waals surface area contributed by atoms with Crippen LogP contribution in [0.5, 0.6) is 11.5 Å². The van der Waals surface area contributed by atoms with Gasteiger partial charge >= 0.3 is 0 Å². The summed E-state index contributed by atoms with van der Waals surface area (Å²) in [6, 6.07) is 15.3. The molecule has 35 heavy (non-hydrogen) atoms. The quantitative estimate of drug-likeness (QED) is 0.429. The average molecular weight is 472 g/mol. The number of imidazole rings is 1. The van der Waals surface area contributed by atoms with Gasteiger partial charge in [0.2, 0.25) is 5.91 Å². The van der Waals surface area contributed by atoms with E-state index < -0.39 is 0 Å². The van der Waals surface area contributed by atoms with Gasteiger partial charge in [-0.25, -0.2) is 9.37 Å². The number of nitrogens with zero attached hydrogens (tertiary/aromatic N) is 3. The highest BCUT2D eigenvalue weighted by atomic mass is 19.1. The zero-order chi connectivity index (χ0) is 23.8. The van der Waals surface area contributed by atoms with Crippen LogP contribution in [0.1, 0.15) is 37.3 Å². The maximum absolute atomic E-state index is 13.5. The fraction of sp³-hybridized carbons (Fsp3) is 0.296. The molecule has 0 radical (unpaired) electrons. The first-order valence-electron chi connectivity index (χ1n) is 12.1. The normalized spacial score (nSPS) is 20.0. The van der Waals surface area contributed by atoms with Gasteiger partial charge in [-0.2, -0.15) is 0 Å². The average Bonchev–Trinajstić information content (AvgIpc) is 3.65. The second-order valence-electron chi connectivity index (χ2n) is 9.10. The molecule has 0 saturated carbocycles. The van der Waals surface area contributed by atoms with Crippen molar-refractivity contribution < 1.29 is 13.9 Å². The molecule has 178 valence electrons. The summed E-state index contributed by atoms with van der Waals surface area (Å²) in [7, 11) is 0. The lowest BCUT2D eigenvalue weighted by atomic mass is 10.0. The van der Waals surface area contributed by atoms with Gasteiger partial charge in [0, 0.05) is 24.4 Å². The Hall–Kier alpha value is -3.78. The van der Waals surface area contributed by atoms with Crippen molar-refractivity contribution in [2.24, 2.45) is 0 Å². The molecule has 2 aliphatic rings. The fourth-order valence-electron chi connectivity index (χ4n) is 5.11. The number of benzene rings is 2. The van der Waals surface area contributed by atoms with Gasteiger partial charge in [0.1, 0.15) is 23.0 Å². The third-order valence-electron chi connectivity index (χ3n) is 6.82. The molecular weight excluding hydrogens is 445 g/mol. The van der Waals surface area contributed by atoms with Gasteiger partial charge < -0.3 is 19.9 Å². The highest BCUT2D eigenvalue weighted by Gasteiger charge is 2.36. The van der Waals surface area contributed by atoms with Crippen molar-refractivity contribution in [1.82, 2.24) is 25.2 Å². The van der Waals surface area contributed by atoms with Crippen LogP contribution in [0.25, 0.3) is 22.6 Å². The molecule has 6 rings (SSSR count). The molecule has 4 aromatic rings. The molecule has 2 saturated heterocycles. The molecule has 2 aliphatic heterocycles. The summed E-state index contributed by atoms with van der Waals surface area (Å²) in [5.74, 6) is 1.64. The van der Waals surface area contributed by atoms with Gasteiger partial charge in [0.05, 0.1) is 23.1 Å². The minimum Gasteiger partial charge on any atom is -0.457 e. The van der Waals surface area contributed by atoms with Crippen LogP contribution in [0.3, 0.4) is 0 Å². The largest absolute Gasteiger partial charge is 0.457 e. The molecule has 1 amide bonds. The molecule has 1 unspecified atom stereocenters. The van der Waals surface area contributed by atoms with E-state index in [0.29, 0.717) is 17.3 Å². The standard InChI is InChI=1S/C27H26FN5O2/c28-17-8-10-18(11-9-17)35-25-16-23-22(31-26(32-23)20-5-1-2-12-29-20)15-19(25)24-7-4-14-33(24)27(34)21-6-3-13-30-21/h1-2,5,8-12,15-16,21,24,30H,3-4,6-7,13-14H2,(H,31,32)/t21-,24?/m0/s1. The number of hydrogen-bond donors (Lipinski definition) is 2. The van der Waals surface area contributed by atoms with Crippen LogP contribution in [0, 0.1) is 5.82 Å². The number of H-pyrrole nitrogens is 1. The van der Waals surface area contributed by atoms with Gasteiger partial charge in [0.15, 0.2) is 5.82 Å². The van der Waals surface area contributed by atoms with Crippen molar-refractivity contribution in [3.63, 3.8) is 0 Å². The van der Waals surface area contributed by atoms with E-state index in [-0.39, 0.29) is 23.8 Å². The lowest BCUT2D eigenvalue weighted by Gasteiger charge is -2.29. The van der Waals surface area contributed by atoms with Crippen LogP contribution in [-0.4, -0.2) is 44.9 Å². The van der Waals surface area contributed by atoms with E-state index in [2.05, 4.69) is 15.3 Å². The van der Waals surface area contributed by atoms with E-state index in [9.17, 15) is 9.18 Å². The molecule has 2 N–H and O–H groups in total. The number of carbonyl (C=O) groups is 1. The van der Waals surface area contributed by atoms with Crippen molar-refractivity contribution in [3.05, 3.63) is 72.2 Å². The van der Waals surface area contributed by atoms with Crippen LogP contribution in [0.2, 0.25) is 0 Å². The molecule has 2 aromatic heterocycles. The van der Waals surface area contributed by atoms with Crippen molar-refractivity contribution in [3.8, 4) is 23.0 Å². The molecule has 7 nitrogen and oxygen atoms in total. The molecule has 0 spiro atoms. The van der Waals surface area contributed by atoms with Gasteiger partial charge in [0.25, 0.3) is 0 Å². The van der Waals surface area contributed by atoms with Crippen LogP contribution >= 0.6 is 0 Å². The highest BCUT2D eigenvalue weighted by molar-refractivity contribution is 5.85. The van der Waals surface area contributed by atoms with E-state index in [1.807, 2.05) is 35.2 Å². The molecule has 2 fully saturated rings. The minimum atomic E-state index is -0.322. The van der Waals surface area contributed by atoms with Crippen LogP contribution < -0.4 is 10.1 Å². The Balaban J connectivity index is 1.42. The first kappa shape index (κ1) is 21.7. The number of nitrogens with one attached hydrogen (secondary N) is 2. The number of rotatable bonds is 5. The fourth-order valence-corrected chi connectivity index (χ4v) is 5.11. The van der Waals surface area contributed by atoms with Crippen molar-refractivity contribution in [2.75, 3.05) is 13.1 Å². The smallest absolute Gasteiger partial charge is 0.240 e. The van der Waals surface area contributed by atoms with Gasteiger partial charge in [-0.1, -0.05) is 6.07 Å². The van der Waals surface area contributed by atoms with Gasteiger partial charge in [-0.3, -0.25) is 9.78 Å². The molecule has 2 aromatic carbocycles. The highest BCUT2D eigenvalue weighted by Crippen LogP contribution is 2.41. The third-order valence-corrected chi connectivity index (χ3v) is 6.82. The summed E-state index contributed by atoms with van der Waals surface area (Å²) < 4.78 is 19.7. The molecular formula is C27H26FN5O2. The van der Waals surface area contributed by atoms with Crippen LogP contribution in [0.15, 0.2) is 60.8 Å². The second-order valence-corrected chi connectivity index (χ2v) is 9.10. The molecule has 2 atom stereocenters. The minimum absolute atomic E-state index is 0.105. The van der Waals surface area contributed by atoms with E-state index in [4.69, 9.17) is 9.72 Å². The lowest BCUT2D eigenvalue weighted by molar-refractivity contribution is -0.134. The van der Waals surface area contributed by atoms with Crippen molar-refractivity contribution in [2.45, 2.75) is 37.8 Å². The Morgan fingerprint density at radius 3 is 2.74 bits per heavy atom. The molecule has 8 heteroatoms. The Morgan fingerprint density at radius 1 is 1.09 bits per heavy atom. The third kappa shape index (κ3) is 4.25. The molecule has 0 aliphatic carbocycles. The van der Waals surface area contributed by atoms with Gasteiger partial charge in [-0.05, 0) is 74.7 Å². The number of aromatic nitrogens is 3. The lowest BCUT2D eigenvalue weighted by Crippen LogP contribution is -2.43. The Bertz CT molecular complexity index is 1350. The summed E-state index contributed by atoms with van der Waals surface area (Å²) in [6.45, 7) is 1.60. The predicted octanol–water partition coefficient (Wildman–Crippen LogP) is 4.97. The Kier molecular flexibility index (Phi) is 5.66. The first-order chi connectivity index (χ1) is 17.2. The number of ether oxygens (including phenoxy) is 1. The Labute approximate surface area is 202 Å². The topological polar surface area (TPSA) is 83.1 Å². The number of pyridine rings is 1. The molecule has 0 bridgehead atoms. The maximum atomic E-state index is 13.5.